The first kappa shape index (κ1) is 50.9. The number of hydrogen-bond donors (Lipinski definition) is 1. The molecule has 0 aliphatic heterocycles. The molecule has 0 radical (unpaired) electrons. The zero-order valence-electron chi connectivity index (χ0n) is 35.4. The van der Waals surface area contributed by atoms with Crippen molar-refractivity contribution in [3.63, 3.8) is 0 Å². The smallest absolute Gasteiger partial charge is 0.306 e. The van der Waals surface area contributed by atoms with E-state index in [-0.39, 0.29) is 24.6 Å². The molecule has 0 heterocycles. The molecule has 0 spiro atoms. The van der Waals surface area contributed by atoms with E-state index >= 15 is 0 Å². The minimum Gasteiger partial charge on any atom is -0.466 e. The van der Waals surface area contributed by atoms with Crippen LogP contribution in [0.3, 0.4) is 0 Å². The highest BCUT2D eigenvalue weighted by molar-refractivity contribution is 5.69. The molecule has 0 atom stereocenters. The van der Waals surface area contributed by atoms with Gasteiger partial charge in [0.25, 0.3) is 0 Å². The number of aliphatic hydroxyl groups excluding tert-OH is 1. The second kappa shape index (κ2) is 42.6. The van der Waals surface area contributed by atoms with Crippen LogP contribution >= 0.6 is 0 Å². The normalized spacial score (nSPS) is 11.6. The topological polar surface area (TPSA) is 76.1 Å². The van der Waals surface area contributed by atoms with E-state index in [9.17, 15) is 14.7 Å². The molecule has 0 rings (SSSR count). The van der Waals surface area contributed by atoms with Crippen LogP contribution in [-0.4, -0.2) is 60.9 Å². The van der Waals surface area contributed by atoms with Crippen molar-refractivity contribution in [1.29, 1.82) is 0 Å². The van der Waals surface area contributed by atoms with Crippen molar-refractivity contribution in [2.24, 2.45) is 0 Å². The molecule has 0 aromatic heterocycles. The summed E-state index contributed by atoms with van der Waals surface area (Å²) in [5.41, 5.74) is 0. The van der Waals surface area contributed by atoms with Gasteiger partial charge in [-0.1, -0.05) is 168 Å². The Morgan fingerprint density at radius 3 is 1.27 bits per heavy atom. The average molecular weight is 738 g/mol. The minimum atomic E-state index is -0.0252. The lowest BCUT2D eigenvalue weighted by Gasteiger charge is -2.22. The summed E-state index contributed by atoms with van der Waals surface area (Å²) < 4.78 is 11.5. The van der Waals surface area contributed by atoms with Crippen LogP contribution in [0.2, 0.25) is 0 Å². The molecule has 52 heavy (non-hydrogen) atoms. The number of rotatable bonds is 43. The van der Waals surface area contributed by atoms with Crippen LogP contribution < -0.4 is 0 Å². The van der Waals surface area contributed by atoms with Crippen molar-refractivity contribution in [3.8, 4) is 0 Å². The number of unbranched alkanes of at least 4 members (excludes halogenated alkanes) is 25. The SMILES string of the molecule is CCCCCCCCCCCOC(=O)CCCCCCCN(CCCO)CCCCCCC(=O)OC(CCCCCCCC)CCCCCCCC. The van der Waals surface area contributed by atoms with Gasteiger partial charge >= 0.3 is 11.9 Å². The van der Waals surface area contributed by atoms with Crippen LogP contribution in [0.15, 0.2) is 0 Å². The Morgan fingerprint density at radius 2 is 0.808 bits per heavy atom. The summed E-state index contributed by atoms with van der Waals surface area (Å²) in [5, 5.41) is 9.39. The number of hydrogen-bond acceptors (Lipinski definition) is 6. The van der Waals surface area contributed by atoms with E-state index in [2.05, 4.69) is 25.7 Å². The molecule has 310 valence electrons. The number of esters is 2. The first-order valence-electron chi connectivity index (χ1n) is 23.3. The Morgan fingerprint density at radius 1 is 0.442 bits per heavy atom. The molecule has 0 fully saturated rings. The standard InChI is InChI=1S/C46H91NO5/c1-4-7-10-13-16-17-18-26-33-43-51-45(49)37-29-22-19-24-31-39-47(41-34-42-48)40-32-25-23-30-38-46(50)52-44(35-27-20-14-11-8-5-2)36-28-21-15-12-9-6-3/h44,48H,4-43H2,1-3H3. The van der Waals surface area contributed by atoms with E-state index in [0.29, 0.717) is 19.4 Å². The summed E-state index contributed by atoms with van der Waals surface area (Å²) in [6.07, 6.45) is 40.8. The quantitative estimate of drug-likeness (QED) is 0.0496. The maximum atomic E-state index is 12.7. The van der Waals surface area contributed by atoms with E-state index < -0.39 is 0 Å². The predicted molar refractivity (Wildman–Crippen MR) is 223 cm³/mol. The van der Waals surface area contributed by atoms with Crippen LogP contribution in [0, 0.1) is 0 Å². The zero-order chi connectivity index (χ0) is 38.0. The Labute approximate surface area is 324 Å². The fraction of sp³-hybridized carbons (Fsp3) is 0.957. The summed E-state index contributed by atoms with van der Waals surface area (Å²) in [7, 11) is 0. The first-order valence-corrected chi connectivity index (χ1v) is 23.3. The first-order chi connectivity index (χ1) is 25.6. The van der Waals surface area contributed by atoms with Gasteiger partial charge in [-0.15, -0.1) is 0 Å². The monoisotopic (exact) mass is 738 g/mol. The van der Waals surface area contributed by atoms with Gasteiger partial charge in [0.05, 0.1) is 6.61 Å². The van der Waals surface area contributed by atoms with Gasteiger partial charge < -0.3 is 19.5 Å². The predicted octanol–water partition coefficient (Wildman–Crippen LogP) is 13.4. The van der Waals surface area contributed by atoms with Crippen molar-refractivity contribution in [3.05, 3.63) is 0 Å². The molecular weight excluding hydrogens is 647 g/mol. The summed E-state index contributed by atoms with van der Waals surface area (Å²) in [5.74, 6) is -0.0136. The summed E-state index contributed by atoms with van der Waals surface area (Å²) in [6.45, 7) is 10.7. The van der Waals surface area contributed by atoms with Gasteiger partial charge in [-0.3, -0.25) is 9.59 Å². The van der Waals surface area contributed by atoms with Gasteiger partial charge in [0.2, 0.25) is 0 Å². The van der Waals surface area contributed by atoms with Crippen LogP contribution in [0.4, 0.5) is 0 Å². The Kier molecular flexibility index (Phi) is 41.7. The fourth-order valence-electron chi connectivity index (χ4n) is 7.21. The van der Waals surface area contributed by atoms with Gasteiger partial charge in [-0.25, -0.2) is 0 Å². The van der Waals surface area contributed by atoms with E-state index in [1.54, 1.807) is 0 Å². The lowest BCUT2D eigenvalue weighted by atomic mass is 10.0. The van der Waals surface area contributed by atoms with Gasteiger partial charge in [-0.05, 0) is 77.3 Å². The Bertz CT molecular complexity index is 716. The zero-order valence-corrected chi connectivity index (χ0v) is 35.4. The van der Waals surface area contributed by atoms with Crippen LogP contribution in [0.1, 0.15) is 245 Å². The highest BCUT2D eigenvalue weighted by atomic mass is 16.5. The number of aliphatic hydroxyl groups is 1. The molecule has 6 heteroatoms. The van der Waals surface area contributed by atoms with Crippen molar-refractivity contribution in [2.45, 2.75) is 252 Å². The van der Waals surface area contributed by atoms with E-state index in [4.69, 9.17) is 9.47 Å². The molecule has 0 saturated heterocycles. The molecule has 0 aromatic rings. The molecule has 0 bridgehead atoms. The molecule has 6 nitrogen and oxygen atoms in total. The van der Waals surface area contributed by atoms with Crippen molar-refractivity contribution >= 4 is 11.9 Å². The lowest BCUT2D eigenvalue weighted by Crippen LogP contribution is -2.28. The van der Waals surface area contributed by atoms with E-state index in [1.165, 1.54) is 141 Å². The summed E-state index contributed by atoms with van der Waals surface area (Å²) in [4.78, 5) is 27.3. The van der Waals surface area contributed by atoms with Gasteiger partial charge in [0.15, 0.2) is 0 Å². The van der Waals surface area contributed by atoms with Crippen LogP contribution in [0.5, 0.6) is 0 Å². The minimum absolute atomic E-state index is 0.0116. The second-order valence-corrected chi connectivity index (χ2v) is 15.9. The highest BCUT2D eigenvalue weighted by Gasteiger charge is 2.14. The Balaban J connectivity index is 4.02. The molecule has 0 aromatic carbocycles. The largest absolute Gasteiger partial charge is 0.466 e. The molecule has 0 amide bonds. The second-order valence-electron chi connectivity index (χ2n) is 15.9. The molecule has 0 aliphatic rings. The fourth-order valence-corrected chi connectivity index (χ4v) is 7.21. The van der Waals surface area contributed by atoms with Crippen LogP contribution in [0.25, 0.3) is 0 Å². The lowest BCUT2D eigenvalue weighted by molar-refractivity contribution is -0.150. The number of carbonyl (C=O) groups excluding carboxylic acids is 2. The molecule has 1 N–H and O–H groups in total. The third kappa shape index (κ3) is 38.6. The average Bonchev–Trinajstić information content (AvgIpc) is 3.14. The van der Waals surface area contributed by atoms with Crippen LogP contribution in [-0.2, 0) is 19.1 Å². The number of ether oxygens (including phenoxy) is 2. The molecule has 0 aliphatic carbocycles. The third-order valence-corrected chi connectivity index (χ3v) is 10.7. The van der Waals surface area contributed by atoms with Crippen molar-refractivity contribution < 1.29 is 24.2 Å². The van der Waals surface area contributed by atoms with Crippen molar-refractivity contribution in [1.82, 2.24) is 4.90 Å². The molecule has 0 unspecified atom stereocenters. The molecular formula is C46H91NO5. The van der Waals surface area contributed by atoms with Gasteiger partial charge in [-0.2, -0.15) is 0 Å². The van der Waals surface area contributed by atoms with Crippen molar-refractivity contribution in [2.75, 3.05) is 32.8 Å². The van der Waals surface area contributed by atoms with E-state index in [0.717, 1.165) is 90.3 Å². The maximum Gasteiger partial charge on any atom is 0.306 e. The van der Waals surface area contributed by atoms with Gasteiger partial charge in [0.1, 0.15) is 6.10 Å². The third-order valence-electron chi connectivity index (χ3n) is 10.7. The van der Waals surface area contributed by atoms with E-state index in [1.807, 2.05) is 0 Å². The summed E-state index contributed by atoms with van der Waals surface area (Å²) >= 11 is 0. The number of nitrogens with zero attached hydrogens (tertiary/aromatic N) is 1. The number of carbonyl (C=O) groups is 2. The van der Waals surface area contributed by atoms with Gasteiger partial charge in [0, 0.05) is 26.0 Å². The molecule has 0 saturated carbocycles. The maximum absolute atomic E-state index is 12.7. The Hall–Kier alpha value is -1.14. The highest BCUT2D eigenvalue weighted by Crippen LogP contribution is 2.18. The summed E-state index contributed by atoms with van der Waals surface area (Å²) in [6, 6.07) is 0.